The van der Waals surface area contributed by atoms with Crippen LogP contribution in [0.3, 0.4) is 0 Å². The van der Waals surface area contributed by atoms with E-state index in [1.54, 1.807) is 4.90 Å². The van der Waals surface area contributed by atoms with Crippen LogP contribution in [0.1, 0.15) is 12.1 Å². The van der Waals surface area contributed by atoms with E-state index in [4.69, 9.17) is 11.6 Å². The summed E-state index contributed by atoms with van der Waals surface area (Å²) in [5.74, 6) is -2.26. The van der Waals surface area contributed by atoms with Crippen molar-refractivity contribution in [1.29, 1.82) is 5.26 Å². The van der Waals surface area contributed by atoms with Gasteiger partial charge in [-0.1, -0.05) is 24.2 Å². The summed E-state index contributed by atoms with van der Waals surface area (Å²) < 4.78 is 57.3. The molecule has 1 fully saturated rings. The SMILES string of the molecule is C=CC(=O)N1CCN(c2nc(=O)n(-c3c(S(C)(=O)=O)ccnc3C)c3nc(-c4c(F)cccc4Cl)c(F)cc23)CC1CC#N. The highest BCUT2D eigenvalue weighted by atomic mass is 35.5. The van der Waals surface area contributed by atoms with E-state index in [-0.39, 0.29) is 75.7 Å². The van der Waals surface area contributed by atoms with Gasteiger partial charge in [-0.05, 0) is 37.3 Å². The standard InChI is InChI=1S/C29H24ClF2N7O4S/c1-4-23(40)38-13-12-37(15-17(38)8-10-33)27-18-14-21(32)25(24-19(30)6-5-7-20(24)31)35-28(18)39(29(41)36-27)26-16(2)34-11-9-22(26)44(3,42)43/h4-7,9,11,14,17H,1,8,12-13,15H2,2-3H3. The second-order valence-corrected chi connectivity index (χ2v) is 12.4. The van der Waals surface area contributed by atoms with Crippen molar-refractivity contribution < 1.29 is 22.0 Å². The summed E-state index contributed by atoms with van der Waals surface area (Å²) in [6, 6.07) is 7.43. The van der Waals surface area contributed by atoms with Crippen LogP contribution in [-0.2, 0) is 14.6 Å². The van der Waals surface area contributed by atoms with Crippen molar-refractivity contribution in [1.82, 2.24) is 24.4 Å². The highest BCUT2D eigenvalue weighted by molar-refractivity contribution is 7.90. The van der Waals surface area contributed by atoms with Crippen LogP contribution in [-0.4, -0.2) is 70.7 Å². The highest BCUT2D eigenvalue weighted by Gasteiger charge is 2.33. The molecule has 0 bridgehead atoms. The average molecular weight is 640 g/mol. The van der Waals surface area contributed by atoms with E-state index >= 15 is 4.39 Å². The van der Waals surface area contributed by atoms with Gasteiger partial charge in [0.15, 0.2) is 21.3 Å². The Bertz CT molecular complexity index is 2040. The molecule has 1 aliphatic heterocycles. The maximum atomic E-state index is 15.9. The van der Waals surface area contributed by atoms with E-state index in [0.29, 0.717) is 0 Å². The molecule has 44 heavy (non-hydrogen) atoms. The van der Waals surface area contributed by atoms with E-state index in [1.807, 2.05) is 6.07 Å². The van der Waals surface area contributed by atoms with Crippen LogP contribution in [0.25, 0.3) is 28.0 Å². The van der Waals surface area contributed by atoms with E-state index < -0.39 is 38.9 Å². The maximum absolute atomic E-state index is 15.9. The van der Waals surface area contributed by atoms with Gasteiger partial charge < -0.3 is 9.80 Å². The lowest BCUT2D eigenvalue weighted by atomic mass is 10.1. The molecule has 1 amide bonds. The molecule has 3 aromatic heterocycles. The zero-order valence-corrected chi connectivity index (χ0v) is 25.0. The average Bonchev–Trinajstić information content (AvgIpc) is 2.97. The number of halogens is 3. The lowest BCUT2D eigenvalue weighted by molar-refractivity contribution is -0.128. The number of pyridine rings is 2. The van der Waals surface area contributed by atoms with Gasteiger partial charge in [0, 0.05) is 32.1 Å². The number of sulfone groups is 1. The van der Waals surface area contributed by atoms with Crippen molar-refractivity contribution in [3.8, 4) is 23.0 Å². The second-order valence-electron chi connectivity index (χ2n) is 10.1. The number of hydrogen-bond acceptors (Lipinski definition) is 9. The van der Waals surface area contributed by atoms with E-state index in [2.05, 4.69) is 21.5 Å². The number of hydrogen-bond donors (Lipinski definition) is 0. The van der Waals surface area contributed by atoms with Gasteiger partial charge in [-0.15, -0.1) is 0 Å². The minimum Gasteiger partial charge on any atom is -0.352 e. The topological polar surface area (TPSA) is 142 Å². The van der Waals surface area contributed by atoms with Crippen molar-refractivity contribution in [2.75, 3.05) is 30.8 Å². The zero-order chi connectivity index (χ0) is 31.9. The van der Waals surface area contributed by atoms with E-state index in [1.165, 1.54) is 36.2 Å². The molecule has 226 valence electrons. The van der Waals surface area contributed by atoms with Crippen LogP contribution in [0.4, 0.5) is 14.6 Å². The van der Waals surface area contributed by atoms with Gasteiger partial charge in [0.05, 0.1) is 50.8 Å². The molecule has 5 rings (SSSR count). The minimum atomic E-state index is -3.93. The molecule has 0 saturated carbocycles. The van der Waals surface area contributed by atoms with Gasteiger partial charge in [0.25, 0.3) is 0 Å². The first-order chi connectivity index (χ1) is 20.9. The normalized spacial score (nSPS) is 15.3. The molecule has 15 heteroatoms. The fourth-order valence-electron chi connectivity index (χ4n) is 5.29. The lowest BCUT2D eigenvalue weighted by Gasteiger charge is -2.41. The summed E-state index contributed by atoms with van der Waals surface area (Å²) in [5, 5.41) is 9.25. The van der Waals surface area contributed by atoms with Crippen LogP contribution in [0, 0.1) is 29.9 Å². The number of carbonyl (C=O) groups excluding carboxylic acids is 1. The van der Waals surface area contributed by atoms with Crippen molar-refractivity contribution in [2.24, 2.45) is 0 Å². The van der Waals surface area contributed by atoms with Crippen LogP contribution in [0.15, 0.2) is 58.9 Å². The predicted molar refractivity (Wildman–Crippen MR) is 159 cm³/mol. The summed E-state index contributed by atoms with van der Waals surface area (Å²) >= 11 is 6.24. The fourth-order valence-corrected chi connectivity index (χ4v) is 6.44. The quantitative estimate of drug-likeness (QED) is 0.289. The summed E-state index contributed by atoms with van der Waals surface area (Å²) in [6.07, 6.45) is 3.32. The van der Waals surface area contributed by atoms with Gasteiger partial charge in [-0.2, -0.15) is 10.2 Å². The number of carbonyl (C=O) groups is 1. The number of fused-ring (bicyclic) bond motifs is 1. The molecule has 1 saturated heterocycles. The van der Waals surface area contributed by atoms with Crippen molar-refractivity contribution in [3.63, 3.8) is 0 Å². The smallest absolute Gasteiger partial charge is 0.352 e. The summed E-state index contributed by atoms with van der Waals surface area (Å²) in [7, 11) is -3.93. The molecule has 1 aromatic carbocycles. The first-order valence-corrected chi connectivity index (χ1v) is 15.4. The molecule has 1 unspecified atom stereocenters. The largest absolute Gasteiger partial charge is 0.355 e. The minimum absolute atomic E-state index is 0.0137. The maximum Gasteiger partial charge on any atom is 0.355 e. The van der Waals surface area contributed by atoms with Crippen molar-refractivity contribution >= 4 is 44.2 Å². The molecule has 1 atom stereocenters. The third kappa shape index (κ3) is 5.40. The number of benzene rings is 1. The Morgan fingerprint density at radius 1 is 1.23 bits per heavy atom. The zero-order valence-electron chi connectivity index (χ0n) is 23.5. The molecule has 0 spiro atoms. The third-order valence-electron chi connectivity index (χ3n) is 7.26. The number of anilines is 1. The molecule has 4 aromatic rings. The Kier molecular flexibility index (Phi) is 8.19. The summed E-state index contributed by atoms with van der Waals surface area (Å²) in [5.41, 5.74) is -2.11. The first kappa shape index (κ1) is 30.7. The number of nitriles is 1. The van der Waals surface area contributed by atoms with Gasteiger partial charge in [0.1, 0.15) is 17.3 Å². The summed E-state index contributed by atoms with van der Waals surface area (Å²) in [4.78, 5) is 41.9. The van der Waals surface area contributed by atoms with E-state index in [0.717, 1.165) is 29.0 Å². The fraction of sp³-hybridized carbons (Fsp3) is 0.241. The molecular formula is C29H24ClF2N7O4S. The Morgan fingerprint density at radius 3 is 2.64 bits per heavy atom. The van der Waals surface area contributed by atoms with Gasteiger partial charge in [-0.3, -0.25) is 9.78 Å². The number of aromatic nitrogens is 4. The number of nitrogens with zero attached hydrogens (tertiary/aromatic N) is 7. The lowest BCUT2D eigenvalue weighted by Crippen LogP contribution is -2.55. The second kappa shape index (κ2) is 11.7. The number of aryl methyl sites for hydroxylation is 1. The number of amides is 1. The van der Waals surface area contributed by atoms with Crippen LogP contribution >= 0.6 is 11.6 Å². The number of rotatable bonds is 6. The van der Waals surface area contributed by atoms with Crippen molar-refractivity contribution in [2.45, 2.75) is 24.3 Å². The monoisotopic (exact) mass is 639 g/mol. The molecule has 1 aliphatic rings. The Morgan fingerprint density at radius 2 is 1.98 bits per heavy atom. The molecule has 0 radical (unpaired) electrons. The first-order valence-electron chi connectivity index (χ1n) is 13.2. The van der Waals surface area contributed by atoms with Crippen LogP contribution < -0.4 is 10.6 Å². The van der Waals surface area contributed by atoms with Crippen LogP contribution in [0.5, 0.6) is 0 Å². The summed E-state index contributed by atoms with van der Waals surface area (Å²) in [6.45, 7) is 5.34. The van der Waals surface area contributed by atoms with Gasteiger partial charge in [-0.25, -0.2) is 31.5 Å². The Labute approximate surface area is 255 Å². The Hall–Kier alpha value is -4.74. The highest BCUT2D eigenvalue weighted by Crippen LogP contribution is 2.36. The molecule has 4 heterocycles. The van der Waals surface area contributed by atoms with E-state index in [9.17, 15) is 27.7 Å². The predicted octanol–water partition coefficient (Wildman–Crippen LogP) is 3.60. The van der Waals surface area contributed by atoms with Crippen LogP contribution in [0.2, 0.25) is 5.02 Å². The Balaban J connectivity index is 1.85. The van der Waals surface area contributed by atoms with Gasteiger partial charge in [0.2, 0.25) is 5.91 Å². The molecule has 11 nitrogen and oxygen atoms in total. The molecule has 0 N–H and O–H groups in total. The molecule has 0 aliphatic carbocycles. The van der Waals surface area contributed by atoms with Gasteiger partial charge >= 0.3 is 5.69 Å². The molecular weight excluding hydrogens is 616 g/mol. The van der Waals surface area contributed by atoms with Crippen molar-refractivity contribution in [3.05, 3.63) is 82.0 Å². The number of piperazine rings is 1. The third-order valence-corrected chi connectivity index (χ3v) is 8.70.